The SMILES string of the molecule is O=C(O)c1cncnc1CNCC1CCCC(O)C1. The highest BCUT2D eigenvalue weighted by molar-refractivity contribution is 5.88. The molecule has 0 radical (unpaired) electrons. The third-order valence-corrected chi connectivity index (χ3v) is 3.51. The molecule has 19 heavy (non-hydrogen) atoms. The van der Waals surface area contributed by atoms with E-state index in [-0.39, 0.29) is 11.7 Å². The summed E-state index contributed by atoms with van der Waals surface area (Å²) in [5.74, 6) is -0.552. The van der Waals surface area contributed by atoms with Gasteiger partial charge in [0.25, 0.3) is 0 Å². The molecule has 0 saturated heterocycles. The molecule has 1 aliphatic carbocycles. The molecular weight excluding hydrogens is 246 g/mol. The molecule has 1 aliphatic rings. The van der Waals surface area contributed by atoms with Gasteiger partial charge in [-0.2, -0.15) is 0 Å². The zero-order valence-electron chi connectivity index (χ0n) is 10.7. The maximum absolute atomic E-state index is 11.0. The van der Waals surface area contributed by atoms with Gasteiger partial charge in [-0.05, 0) is 31.7 Å². The monoisotopic (exact) mass is 265 g/mol. The predicted molar refractivity (Wildman–Crippen MR) is 68.7 cm³/mol. The van der Waals surface area contributed by atoms with Crippen molar-refractivity contribution >= 4 is 5.97 Å². The number of aromatic carboxylic acids is 1. The number of aromatic nitrogens is 2. The first-order chi connectivity index (χ1) is 9.16. The lowest BCUT2D eigenvalue weighted by molar-refractivity contribution is 0.0694. The van der Waals surface area contributed by atoms with Crippen molar-refractivity contribution in [3.05, 3.63) is 23.8 Å². The number of nitrogens with zero attached hydrogens (tertiary/aromatic N) is 2. The van der Waals surface area contributed by atoms with Crippen LogP contribution >= 0.6 is 0 Å². The normalized spacial score (nSPS) is 23.2. The van der Waals surface area contributed by atoms with Crippen LogP contribution in [0.25, 0.3) is 0 Å². The number of nitrogens with one attached hydrogen (secondary N) is 1. The van der Waals surface area contributed by atoms with Crippen molar-refractivity contribution in [3.63, 3.8) is 0 Å². The van der Waals surface area contributed by atoms with Crippen LogP contribution in [0.1, 0.15) is 41.7 Å². The summed E-state index contributed by atoms with van der Waals surface area (Å²) in [5, 5.41) is 21.8. The lowest BCUT2D eigenvalue weighted by Crippen LogP contribution is -2.29. The summed E-state index contributed by atoms with van der Waals surface area (Å²) in [6.45, 7) is 1.19. The van der Waals surface area contributed by atoms with Crippen molar-refractivity contribution in [3.8, 4) is 0 Å². The molecule has 0 aliphatic heterocycles. The van der Waals surface area contributed by atoms with Gasteiger partial charge in [-0.25, -0.2) is 14.8 Å². The number of carboxylic acids is 1. The average Bonchev–Trinajstić information content (AvgIpc) is 2.39. The zero-order valence-corrected chi connectivity index (χ0v) is 10.7. The second-order valence-corrected chi connectivity index (χ2v) is 5.01. The highest BCUT2D eigenvalue weighted by Gasteiger charge is 2.20. The van der Waals surface area contributed by atoms with Gasteiger partial charge >= 0.3 is 5.97 Å². The molecule has 0 spiro atoms. The number of carboxylic acid groups (broad SMARTS) is 1. The number of rotatable bonds is 5. The van der Waals surface area contributed by atoms with E-state index in [4.69, 9.17) is 5.11 Å². The van der Waals surface area contributed by atoms with E-state index in [1.165, 1.54) is 12.5 Å². The lowest BCUT2D eigenvalue weighted by atomic mass is 9.87. The summed E-state index contributed by atoms with van der Waals surface area (Å²) < 4.78 is 0. The topological polar surface area (TPSA) is 95.3 Å². The summed E-state index contributed by atoms with van der Waals surface area (Å²) >= 11 is 0. The maximum atomic E-state index is 11.0. The van der Waals surface area contributed by atoms with Crippen LogP contribution in [0.3, 0.4) is 0 Å². The van der Waals surface area contributed by atoms with Gasteiger partial charge in [0.1, 0.15) is 11.9 Å². The van der Waals surface area contributed by atoms with Crippen LogP contribution in [-0.4, -0.2) is 38.8 Å². The number of aliphatic hydroxyl groups is 1. The Bertz CT molecular complexity index is 439. The van der Waals surface area contributed by atoms with Gasteiger partial charge in [-0.1, -0.05) is 6.42 Å². The Hall–Kier alpha value is -1.53. The van der Waals surface area contributed by atoms with Crippen LogP contribution in [-0.2, 0) is 6.54 Å². The van der Waals surface area contributed by atoms with E-state index in [1.54, 1.807) is 0 Å². The summed E-state index contributed by atoms with van der Waals surface area (Å²) in [6.07, 6.45) is 6.37. The third-order valence-electron chi connectivity index (χ3n) is 3.51. The quantitative estimate of drug-likeness (QED) is 0.729. The molecule has 1 aromatic heterocycles. The Morgan fingerprint density at radius 2 is 2.32 bits per heavy atom. The highest BCUT2D eigenvalue weighted by atomic mass is 16.4. The molecule has 0 aromatic carbocycles. The maximum Gasteiger partial charge on any atom is 0.339 e. The molecule has 2 unspecified atom stereocenters. The van der Waals surface area contributed by atoms with Crippen molar-refractivity contribution in [2.24, 2.45) is 5.92 Å². The van der Waals surface area contributed by atoms with E-state index in [9.17, 15) is 9.90 Å². The average molecular weight is 265 g/mol. The van der Waals surface area contributed by atoms with Crippen molar-refractivity contribution in [1.82, 2.24) is 15.3 Å². The van der Waals surface area contributed by atoms with Gasteiger partial charge in [0, 0.05) is 12.7 Å². The van der Waals surface area contributed by atoms with Crippen LogP contribution < -0.4 is 5.32 Å². The Balaban J connectivity index is 1.84. The molecule has 1 saturated carbocycles. The van der Waals surface area contributed by atoms with Crippen LogP contribution in [0, 0.1) is 5.92 Å². The standard InChI is InChI=1S/C13H19N3O3/c17-10-3-1-2-9(4-10)5-14-7-12-11(13(18)19)6-15-8-16-12/h6,8-10,14,17H,1-5,7H2,(H,18,19). The Kier molecular flexibility index (Phi) is 4.81. The van der Waals surface area contributed by atoms with E-state index in [1.807, 2.05) is 0 Å². The molecule has 3 N–H and O–H groups in total. The second-order valence-electron chi connectivity index (χ2n) is 5.01. The first-order valence-corrected chi connectivity index (χ1v) is 6.57. The summed E-state index contributed by atoms with van der Waals surface area (Å²) in [4.78, 5) is 18.7. The van der Waals surface area contributed by atoms with Crippen LogP contribution in [0.15, 0.2) is 12.5 Å². The Morgan fingerprint density at radius 3 is 3.05 bits per heavy atom. The molecule has 0 amide bonds. The molecule has 2 atom stereocenters. The lowest BCUT2D eigenvalue weighted by Gasteiger charge is -2.25. The van der Waals surface area contributed by atoms with Crippen LogP contribution in [0.4, 0.5) is 0 Å². The predicted octanol–water partition coefficient (Wildman–Crippen LogP) is 0.815. The highest BCUT2D eigenvalue weighted by Crippen LogP contribution is 2.23. The van der Waals surface area contributed by atoms with Gasteiger partial charge in [-0.3, -0.25) is 0 Å². The molecule has 104 valence electrons. The molecule has 0 bridgehead atoms. The molecule has 6 heteroatoms. The van der Waals surface area contributed by atoms with Crippen LogP contribution in [0.5, 0.6) is 0 Å². The molecular formula is C13H19N3O3. The van der Waals surface area contributed by atoms with Crippen molar-refractivity contribution in [2.45, 2.75) is 38.3 Å². The van der Waals surface area contributed by atoms with E-state index in [0.717, 1.165) is 32.2 Å². The van der Waals surface area contributed by atoms with Crippen molar-refractivity contribution in [1.29, 1.82) is 0 Å². The minimum absolute atomic E-state index is 0.138. The second kappa shape index (κ2) is 6.58. The van der Waals surface area contributed by atoms with Gasteiger partial charge in [0.05, 0.1) is 11.8 Å². The van der Waals surface area contributed by atoms with E-state index in [0.29, 0.717) is 18.2 Å². The number of hydrogen-bond acceptors (Lipinski definition) is 5. The molecule has 1 aromatic rings. The fourth-order valence-electron chi connectivity index (χ4n) is 2.52. The summed E-state index contributed by atoms with van der Waals surface area (Å²) in [7, 11) is 0. The van der Waals surface area contributed by atoms with Crippen molar-refractivity contribution in [2.75, 3.05) is 6.54 Å². The minimum atomic E-state index is -1.01. The van der Waals surface area contributed by atoms with E-state index >= 15 is 0 Å². The van der Waals surface area contributed by atoms with Gasteiger partial charge in [-0.15, -0.1) is 0 Å². The minimum Gasteiger partial charge on any atom is -0.478 e. The number of carbonyl (C=O) groups is 1. The van der Waals surface area contributed by atoms with E-state index in [2.05, 4.69) is 15.3 Å². The summed E-state index contributed by atoms with van der Waals surface area (Å²) in [6, 6.07) is 0. The smallest absolute Gasteiger partial charge is 0.339 e. The summed E-state index contributed by atoms with van der Waals surface area (Å²) in [5.41, 5.74) is 0.637. The fourth-order valence-corrected chi connectivity index (χ4v) is 2.52. The van der Waals surface area contributed by atoms with Gasteiger partial charge in [0.15, 0.2) is 0 Å². The Morgan fingerprint density at radius 1 is 1.47 bits per heavy atom. The van der Waals surface area contributed by atoms with Gasteiger partial charge < -0.3 is 15.5 Å². The van der Waals surface area contributed by atoms with E-state index < -0.39 is 5.97 Å². The first kappa shape index (κ1) is 13.9. The molecule has 2 rings (SSSR count). The fraction of sp³-hybridized carbons (Fsp3) is 0.615. The van der Waals surface area contributed by atoms with Gasteiger partial charge in [0.2, 0.25) is 0 Å². The molecule has 1 fully saturated rings. The Labute approximate surface area is 111 Å². The molecule has 1 heterocycles. The number of hydrogen-bond donors (Lipinski definition) is 3. The van der Waals surface area contributed by atoms with Crippen LogP contribution in [0.2, 0.25) is 0 Å². The van der Waals surface area contributed by atoms with Crippen molar-refractivity contribution < 1.29 is 15.0 Å². The first-order valence-electron chi connectivity index (χ1n) is 6.57. The number of aliphatic hydroxyl groups excluding tert-OH is 1. The molecule has 6 nitrogen and oxygen atoms in total. The zero-order chi connectivity index (χ0) is 13.7. The third kappa shape index (κ3) is 3.97. The largest absolute Gasteiger partial charge is 0.478 e.